The van der Waals surface area contributed by atoms with Crippen molar-refractivity contribution in [3.05, 3.63) is 36.2 Å². The Morgan fingerprint density at radius 2 is 1.90 bits per heavy atom. The summed E-state index contributed by atoms with van der Waals surface area (Å²) in [6, 6.07) is 0.651. The molecule has 0 radical (unpaired) electrons. The smallest absolute Gasteiger partial charge is 0.327 e. The Morgan fingerprint density at radius 1 is 1.15 bits per heavy atom. The minimum Gasteiger partial charge on any atom is -0.327 e. The van der Waals surface area contributed by atoms with Crippen molar-refractivity contribution in [3.63, 3.8) is 0 Å². The quantitative estimate of drug-likeness (QED) is 0.694. The first kappa shape index (κ1) is 13.8. The van der Waals surface area contributed by atoms with Crippen LogP contribution in [0.1, 0.15) is 5.56 Å². The molecule has 1 N–H and O–H groups in total. The molecule has 0 bridgehead atoms. The molecule has 0 saturated heterocycles. The lowest BCUT2D eigenvalue weighted by Crippen LogP contribution is -2.11. The largest absolute Gasteiger partial charge is 0.418 e. The van der Waals surface area contributed by atoms with Crippen molar-refractivity contribution in [3.8, 4) is 11.4 Å². The number of hydrogen-bond acceptors (Lipinski definition) is 4. The third-order valence-electron chi connectivity index (χ3n) is 2.31. The summed E-state index contributed by atoms with van der Waals surface area (Å²) >= 11 is 0. The number of amides is 1. The first-order chi connectivity index (χ1) is 9.43. The van der Waals surface area contributed by atoms with Crippen molar-refractivity contribution in [2.24, 2.45) is 0 Å². The average Bonchev–Trinajstić information content (AvgIpc) is 2.39. The maximum atomic E-state index is 13.5. The Morgan fingerprint density at radius 3 is 2.50 bits per heavy atom. The van der Waals surface area contributed by atoms with E-state index in [1.54, 1.807) is 0 Å². The molecule has 9 heteroatoms. The van der Waals surface area contributed by atoms with Crippen molar-refractivity contribution in [2.45, 2.75) is 6.18 Å². The molecule has 0 aliphatic heterocycles. The van der Waals surface area contributed by atoms with Crippen LogP contribution in [0.5, 0.6) is 0 Å². The van der Waals surface area contributed by atoms with Gasteiger partial charge in [-0.3, -0.25) is 9.78 Å². The summed E-state index contributed by atoms with van der Waals surface area (Å²) in [5.41, 5.74) is -2.61. The van der Waals surface area contributed by atoms with E-state index in [1.807, 2.05) is 5.32 Å². The van der Waals surface area contributed by atoms with E-state index in [9.17, 15) is 22.4 Å². The highest BCUT2D eigenvalue weighted by Crippen LogP contribution is 2.37. The second-order valence-corrected chi connectivity index (χ2v) is 3.60. The lowest BCUT2D eigenvalue weighted by atomic mass is 10.1. The molecule has 2 aromatic heterocycles. The number of pyridine rings is 1. The molecule has 0 atom stereocenters. The van der Waals surface area contributed by atoms with E-state index in [1.165, 1.54) is 0 Å². The van der Waals surface area contributed by atoms with Gasteiger partial charge in [-0.1, -0.05) is 0 Å². The number of carbonyl (C=O) groups excluding carboxylic acids is 1. The molecule has 5 nitrogen and oxygen atoms in total. The Labute approximate surface area is 109 Å². The van der Waals surface area contributed by atoms with Gasteiger partial charge in [0.15, 0.2) is 5.82 Å². The highest BCUT2D eigenvalue weighted by Gasteiger charge is 2.36. The number of halogens is 4. The van der Waals surface area contributed by atoms with Gasteiger partial charge >= 0.3 is 6.18 Å². The number of rotatable bonds is 3. The number of nitrogens with zero attached hydrogens (tertiary/aromatic N) is 3. The second kappa shape index (κ2) is 5.19. The molecule has 0 aliphatic rings. The molecular formula is C11H6F4N4O. The van der Waals surface area contributed by atoms with Crippen LogP contribution in [0.15, 0.2) is 24.8 Å². The van der Waals surface area contributed by atoms with Crippen LogP contribution in [0.3, 0.4) is 0 Å². The number of anilines is 1. The number of hydrogen-bond donors (Lipinski definition) is 1. The number of alkyl halides is 3. The molecule has 104 valence electrons. The van der Waals surface area contributed by atoms with Crippen LogP contribution < -0.4 is 5.32 Å². The van der Waals surface area contributed by atoms with Crippen molar-refractivity contribution in [1.29, 1.82) is 0 Å². The van der Waals surface area contributed by atoms with E-state index in [0.29, 0.717) is 6.07 Å². The van der Waals surface area contributed by atoms with Gasteiger partial charge < -0.3 is 5.32 Å². The molecule has 1 amide bonds. The van der Waals surface area contributed by atoms with Gasteiger partial charge in [0, 0.05) is 0 Å². The summed E-state index contributed by atoms with van der Waals surface area (Å²) in [6.45, 7) is 0. The van der Waals surface area contributed by atoms with Gasteiger partial charge in [0.1, 0.15) is 17.7 Å². The zero-order valence-electron chi connectivity index (χ0n) is 9.65. The van der Waals surface area contributed by atoms with Crippen molar-refractivity contribution >= 4 is 12.1 Å². The molecule has 0 aromatic carbocycles. The predicted octanol–water partition coefficient (Wildman–Crippen LogP) is 2.26. The molecule has 2 aromatic rings. The molecule has 0 saturated carbocycles. The monoisotopic (exact) mass is 286 g/mol. The van der Waals surface area contributed by atoms with Gasteiger partial charge in [0.05, 0.1) is 23.6 Å². The number of nitrogens with one attached hydrogen (secondary N) is 1. The van der Waals surface area contributed by atoms with E-state index in [2.05, 4.69) is 15.0 Å². The average molecular weight is 286 g/mol. The fraction of sp³-hybridized carbons (Fsp3) is 0.0909. The molecule has 0 spiro atoms. The maximum absolute atomic E-state index is 13.5. The number of carbonyl (C=O) groups is 1. The zero-order valence-corrected chi connectivity index (χ0v) is 9.65. The van der Waals surface area contributed by atoms with Crippen molar-refractivity contribution in [2.75, 3.05) is 5.32 Å². The summed E-state index contributed by atoms with van der Waals surface area (Å²) in [5, 5.41) is 2.04. The van der Waals surface area contributed by atoms with E-state index >= 15 is 0 Å². The summed E-state index contributed by atoms with van der Waals surface area (Å²) in [5.74, 6) is -1.03. The third-order valence-corrected chi connectivity index (χ3v) is 2.31. The molecule has 20 heavy (non-hydrogen) atoms. The minimum absolute atomic E-state index is 0.162. The van der Waals surface area contributed by atoms with Gasteiger partial charge in [0.25, 0.3) is 0 Å². The Hall–Kier alpha value is -2.58. The summed E-state index contributed by atoms with van der Waals surface area (Å²) in [4.78, 5) is 20.6. The van der Waals surface area contributed by atoms with Gasteiger partial charge in [-0.25, -0.2) is 14.4 Å². The lowest BCUT2D eigenvalue weighted by Gasteiger charge is -2.13. The van der Waals surface area contributed by atoms with Crippen LogP contribution in [0.25, 0.3) is 11.4 Å². The van der Waals surface area contributed by atoms with Gasteiger partial charge in [-0.05, 0) is 6.07 Å². The molecule has 2 heterocycles. The van der Waals surface area contributed by atoms with Crippen LogP contribution in [0, 0.1) is 5.82 Å². The fourth-order valence-electron chi connectivity index (χ4n) is 1.50. The van der Waals surface area contributed by atoms with E-state index in [-0.39, 0.29) is 12.1 Å². The normalized spacial score (nSPS) is 11.2. The SMILES string of the molecule is O=CNc1cnc(-c2ncncc2F)c(C(F)(F)F)c1. The summed E-state index contributed by atoms with van der Waals surface area (Å²) < 4.78 is 52.4. The van der Waals surface area contributed by atoms with Crippen LogP contribution in [-0.2, 0) is 11.0 Å². The molecule has 2 rings (SSSR count). The first-order valence-electron chi connectivity index (χ1n) is 5.17. The third kappa shape index (κ3) is 2.71. The van der Waals surface area contributed by atoms with Crippen LogP contribution in [0.2, 0.25) is 0 Å². The highest BCUT2D eigenvalue weighted by molar-refractivity contribution is 5.73. The van der Waals surface area contributed by atoms with E-state index in [0.717, 1.165) is 18.7 Å². The number of aromatic nitrogens is 3. The predicted molar refractivity (Wildman–Crippen MR) is 59.9 cm³/mol. The molecule has 0 aliphatic carbocycles. The van der Waals surface area contributed by atoms with Crippen LogP contribution >= 0.6 is 0 Å². The van der Waals surface area contributed by atoms with Gasteiger partial charge in [-0.15, -0.1) is 0 Å². The van der Waals surface area contributed by atoms with Crippen LogP contribution in [0.4, 0.5) is 23.2 Å². The summed E-state index contributed by atoms with van der Waals surface area (Å²) in [7, 11) is 0. The lowest BCUT2D eigenvalue weighted by molar-refractivity contribution is -0.137. The Balaban J connectivity index is 2.64. The maximum Gasteiger partial charge on any atom is 0.418 e. The van der Waals surface area contributed by atoms with Gasteiger partial charge in [0.2, 0.25) is 6.41 Å². The first-order valence-corrected chi connectivity index (χ1v) is 5.17. The van der Waals surface area contributed by atoms with E-state index < -0.39 is 28.9 Å². The fourth-order valence-corrected chi connectivity index (χ4v) is 1.50. The standard InChI is InChI=1S/C11H6F4N4O/c12-8-3-16-4-18-10(8)9-7(11(13,14)15)1-6(2-17-9)19-5-20/h1-5H,(H,19,20). The van der Waals surface area contributed by atoms with Crippen molar-refractivity contribution < 1.29 is 22.4 Å². The second-order valence-electron chi connectivity index (χ2n) is 3.60. The zero-order chi connectivity index (χ0) is 14.8. The highest BCUT2D eigenvalue weighted by atomic mass is 19.4. The molecule has 0 unspecified atom stereocenters. The van der Waals surface area contributed by atoms with Crippen LogP contribution in [-0.4, -0.2) is 21.4 Å². The molecule has 0 fully saturated rings. The van der Waals surface area contributed by atoms with Crippen molar-refractivity contribution in [1.82, 2.24) is 15.0 Å². The van der Waals surface area contributed by atoms with Gasteiger partial charge in [-0.2, -0.15) is 13.2 Å². The molecular weight excluding hydrogens is 280 g/mol. The minimum atomic E-state index is -4.78. The Kier molecular flexibility index (Phi) is 3.59. The van der Waals surface area contributed by atoms with E-state index in [4.69, 9.17) is 0 Å². The summed E-state index contributed by atoms with van der Waals surface area (Å²) in [6.07, 6.45) is -1.94. The topological polar surface area (TPSA) is 67.8 Å². The Bertz CT molecular complexity index is 645.